The highest BCUT2D eigenvalue weighted by Gasteiger charge is 2.03. The van der Waals surface area contributed by atoms with Gasteiger partial charge in [0.05, 0.1) is 12.7 Å². The lowest BCUT2D eigenvalue weighted by Crippen LogP contribution is -2.24. The van der Waals surface area contributed by atoms with Gasteiger partial charge in [-0.2, -0.15) is 0 Å². The minimum absolute atomic E-state index is 0.0472. The molecule has 16 heavy (non-hydrogen) atoms. The van der Waals surface area contributed by atoms with Gasteiger partial charge in [0.15, 0.2) is 5.78 Å². The number of ketones is 1. The predicted molar refractivity (Wildman–Crippen MR) is 62.8 cm³/mol. The molecule has 0 aliphatic heterocycles. The van der Waals surface area contributed by atoms with Crippen molar-refractivity contribution in [2.24, 2.45) is 0 Å². The van der Waals surface area contributed by atoms with Crippen molar-refractivity contribution in [3.8, 4) is 0 Å². The summed E-state index contributed by atoms with van der Waals surface area (Å²) in [5, 5.41) is 12.5. The number of rotatable bonds is 6. The first-order valence-electron chi connectivity index (χ1n) is 5.15. The van der Waals surface area contributed by atoms with Crippen LogP contribution in [0.5, 0.6) is 0 Å². The number of carbonyl (C=O) groups is 1. The molecular weight excluding hydrogens is 206 g/mol. The Kier molecular flexibility index (Phi) is 4.95. The molecule has 88 valence electrons. The van der Waals surface area contributed by atoms with E-state index >= 15 is 0 Å². The van der Waals surface area contributed by atoms with Crippen LogP contribution in [0, 0.1) is 0 Å². The highest BCUT2D eigenvalue weighted by atomic mass is 16.5. The Morgan fingerprint density at radius 3 is 2.56 bits per heavy atom. The van der Waals surface area contributed by atoms with Gasteiger partial charge in [0.1, 0.15) is 0 Å². The Labute approximate surface area is 95.2 Å². The van der Waals surface area contributed by atoms with Crippen molar-refractivity contribution in [3.05, 3.63) is 29.8 Å². The Morgan fingerprint density at radius 2 is 2.06 bits per heavy atom. The molecule has 0 radical (unpaired) electrons. The van der Waals surface area contributed by atoms with E-state index in [4.69, 9.17) is 4.74 Å². The van der Waals surface area contributed by atoms with Crippen LogP contribution in [0.2, 0.25) is 0 Å². The Bertz CT molecular complexity index is 335. The van der Waals surface area contributed by atoms with Gasteiger partial charge in [0.2, 0.25) is 0 Å². The van der Waals surface area contributed by atoms with Crippen molar-refractivity contribution in [1.29, 1.82) is 0 Å². The Hall–Kier alpha value is -1.39. The second kappa shape index (κ2) is 6.25. The molecule has 0 bridgehead atoms. The summed E-state index contributed by atoms with van der Waals surface area (Å²) in [7, 11) is 1.55. The number of aliphatic hydroxyl groups excluding tert-OH is 1. The van der Waals surface area contributed by atoms with Crippen molar-refractivity contribution >= 4 is 11.5 Å². The Balaban J connectivity index is 2.46. The Morgan fingerprint density at radius 1 is 1.44 bits per heavy atom. The van der Waals surface area contributed by atoms with Crippen molar-refractivity contribution < 1.29 is 14.6 Å². The van der Waals surface area contributed by atoms with Gasteiger partial charge in [0.25, 0.3) is 0 Å². The number of hydrogen-bond acceptors (Lipinski definition) is 4. The normalized spacial score (nSPS) is 12.2. The van der Waals surface area contributed by atoms with Gasteiger partial charge in [-0.25, -0.2) is 0 Å². The van der Waals surface area contributed by atoms with E-state index in [-0.39, 0.29) is 5.78 Å². The first kappa shape index (κ1) is 12.7. The highest BCUT2D eigenvalue weighted by Crippen LogP contribution is 2.09. The molecule has 1 atom stereocenters. The maximum Gasteiger partial charge on any atom is 0.159 e. The highest BCUT2D eigenvalue weighted by molar-refractivity contribution is 5.94. The molecule has 0 saturated carbocycles. The van der Waals surface area contributed by atoms with Gasteiger partial charge in [-0.05, 0) is 31.2 Å². The molecule has 1 rings (SSSR count). The van der Waals surface area contributed by atoms with E-state index < -0.39 is 6.10 Å². The number of aliphatic hydroxyl groups is 1. The molecule has 4 nitrogen and oxygen atoms in total. The second-order valence-corrected chi connectivity index (χ2v) is 3.62. The minimum Gasteiger partial charge on any atom is -0.389 e. The summed E-state index contributed by atoms with van der Waals surface area (Å²) in [5.41, 5.74) is 1.56. The molecule has 0 saturated heterocycles. The molecule has 0 aliphatic rings. The predicted octanol–water partition coefficient (Wildman–Crippen LogP) is 1.31. The summed E-state index contributed by atoms with van der Waals surface area (Å²) in [6.45, 7) is 2.26. The molecule has 4 heteroatoms. The van der Waals surface area contributed by atoms with E-state index in [1.807, 2.05) is 12.1 Å². The fourth-order valence-electron chi connectivity index (χ4n) is 1.31. The van der Waals surface area contributed by atoms with Crippen molar-refractivity contribution in [2.45, 2.75) is 13.0 Å². The van der Waals surface area contributed by atoms with Crippen LogP contribution in [0.15, 0.2) is 24.3 Å². The second-order valence-electron chi connectivity index (χ2n) is 3.62. The smallest absolute Gasteiger partial charge is 0.159 e. The fourth-order valence-corrected chi connectivity index (χ4v) is 1.31. The number of anilines is 1. The molecule has 0 aliphatic carbocycles. The summed E-state index contributed by atoms with van der Waals surface area (Å²) in [6, 6.07) is 7.15. The topological polar surface area (TPSA) is 58.6 Å². The largest absolute Gasteiger partial charge is 0.389 e. The average Bonchev–Trinajstić information content (AvgIpc) is 2.27. The third-order valence-electron chi connectivity index (χ3n) is 2.19. The number of benzene rings is 1. The number of nitrogens with one attached hydrogen (secondary N) is 1. The molecule has 0 aromatic heterocycles. The maximum absolute atomic E-state index is 11.0. The summed E-state index contributed by atoms with van der Waals surface area (Å²) < 4.78 is 4.81. The minimum atomic E-state index is -0.530. The zero-order valence-electron chi connectivity index (χ0n) is 9.56. The third-order valence-corrected chi connectivity index (χ3v) is 2.19. The first-order chi connectivity index (χ1) is 7.63. The van der Waals surface area contributed by atoms with Crippen molar-refractivity contribution in [2.75, 3.05) is 25.6 Å². The summed E-state index contributed by atoms with van der Waals surface area (Å²) in [6.07, 6.45) is -0.530. The number of Topliss-reactive ketones (excluding diaryl/α,β-unsaturated/α-hetero) is 1. The lowest BCUT2D eigenvalue weighted by molar-refractivity contribution is 0.0727. The van der Waals surface area contributed by atoms with Crippen LogP contribution in [0.25, 0.3) is 0 Å². The monoisotopic (exact) mass is 223 g/mol. The van der Waals surface area contributed by atoms with E-state index in [1.165, 1.54) is 6.92 Å². The zero-order chi connectivity index (χ0) is 12.0. The molecule has 0 fully saturated rings. The molecule has 0 amide bonds. The molecule has 0 spiro atoms. The molecule has 1 aromatic carbocycles. The third kappa shape index (κ3) is 4.00. The van der Waals surface area contributed by atoms with Gasteiger partial charge in [-0.3, -0.25) is 4.79 Å². The SMILES string of the molecule is COCC(O)CNc1ccc(C(C)=O)cc1. The van der Waals surface area contributed by atoms with E-state index in [0.717, 1.165) is 5.69 Å². The number of ether oxygens (including phenoxy) is 1. The molecule has 0 heterocycles. The summed E-state index contributed by atoms with van der Waals surface area (Å²) >= 11 is 0. The van der Waals surface area contributed by atoms with Crippen molar-refractivity contribution in [1.82, 2.24) is 0 Å². The van der Waals surface area contributed by atoms with E-state index in [1.54, 1.807) is 19.2 Å². The standard InChI is InChI=1S/C12H17NO3/c1-9(14)10-3-5-11(6-4-10)13-7-12(15)8-16-2/h3-6,12-13,15H,7-8H2,1-2H3. The molecule has 2 N–H and O–H groups in total. The van der Waals surface area contributed by atoms with Crippen LogP contribution < -0.4 is 5.32 Å². The number of hydrogen-bond donors (Lipinski definition) is 2. The first-order valence-corrected chi connectivity index (χ1v) is 5.15. The van der Waals surface area contributed by atoms with Gasteiger partial charge in [-0.1, -0.05) is 0 Å². The van der Waals surface area contributed by atoms with Gasteiger partial charge in [-0.15, -0.1) is 0 Å². The molecule has 1 unspecified atom stereocenters. The average molecular weight is 223 g/mol. The van der Waals surface area contributed by atoms with Crippen LogP contribution in [-0.4, -0.2) is 37.3 Å². The molecular formula is C12H17NO3. The summed E-state index contributed by atoms with van der Waals surface area (Å²) in [5.74, 6) is 0.0472. The fraction of sp³-hybridized carbons (Fsp3) is 0.417. The van der Waals surface area contributed by atoms with Crippen LogP contribution in [0.3, 0.4) is 0 Å². The lowest BCUT2D eigenvalue weighted by atomic mass is 10.1. The van der Waals surface area contributed by atoms with E-state index in [9.17, 15) is 9.90 Å². The maximum atomic E-state index is 11.0. The quantitative estimate of drug-likeness (QED) is 0.714. The lowest BCUT2D eigenvalue weighted by Gasteiger charge is -2.11. The van der Waals surface area contributed by atoms with Crippen molar-refractivity contribution in [3.63, 3.8) is 0 Å². The van der Waals surface area contributed by atoms with Crippen LogP contribution in [0.1, 0.15) is 17.3 Å². The van der Waals surface area contributed by atoms with E-state index in [0.29, 0.717) is 18.7 Å². The van der Waals surface area contributed by atoms with Gasteiger partial charge < -0.3 is 15.2 Å². The van der Waals surface area contributed by atoms with Crippen LogP contribution in [0.4, 0.5) is 5.69 Å². The molecule has 1 aromatic rings. The van der Waals surface area contributed by atoms with Crippen LogP contribution in [-0.2, 0) is 4.74 Å². The van der Waals surface area contributed by atoms with Crippen LogP contribution >= 0.6 is 0 Å². The number of carbonyl (C=O) groups excluding carboxylic acids is 1. The van der Waals surface area contributed by atoms with Gasteiger partial charge >= 0.3 is 0 Å². The number of methoxy groups -OCH3 is 1. The zero-order valence-corrected chi connectivity index (χ0v) is 9.56. The summed E-state index contributed by atoms with van der Waals surface area (Å²) in [4.78, 5) is 11.0. The van der Waals surface area contributed by atoms with Gasteiger partial charge in [0, 0.05) is 24.9 Å². The van der Waals surface area contributed by atoms with E-state index in [2.05, 4.69) is 5.32 Å².